The van der Waals surface area contributed by atoms with Gasteiger partial charge in [0.2, 0.25) is 5.91 Å². The quantitative estimate of drug-likeness (QED) is 0.713. The molecule has 0 bridgehead atoms. The van der Waals surface area contributed by atoms with Gasteiger partial charge in [-0.3, -0.25) is 14.9 Å². The molecule has 6 heteroatoms. The summed E-state index contributed by atoms with van der Waals surface area (Å²) in [7, 11) is 0. The summed E-state index contributed by atoms with van der Waals surface area (Å²) in [5, 5.41) is 14.1. The Labute approximate surface area is 117 Å². The highest BCUT2D eigenvalue weighted by atomic mass is 19.1. The highest BCUT2D eigenvalue weighted by Gasteiger charge is 2.19. The lowest BCUT2D eigenvalue weighted by atomic mass is 10.0. The standard InChI is InChI=1S/C14H19FN2O3/c1-9(2)7-12(14(19)20)16-8-13(18)17-11-6-4-3-5-10(11)15/h3-6,9,12,16H,7-8H2,1-2H3,(H,17,18)(H,19,20). The molecule has 1 atom stereocenters. The van der Waals surface area contributed by atoms with Crippen molar-refractivity contribution in [3.63, 3.8) is 0 Å². The molecule has 0 aromatic heterocycles. The number of hydrogen-bond donors (Lipinski definition) is 3. The molecule has 0 saturated carbocycles. The van der Waals surface area contributed by atoms with E-state index in [1.165, 1.54) is 18.2 Å². The van der Waals surface area contributed by atoms with E-state index in [9.17, 15) is 14.0 Å². The van der Waals surface area contributed by atoms with Crippen LogP contribution in [0.1, 0.15) is 20.3 Å². The maximum atomic E-state index is 13.3. The summed E-state index contributed by atoms with van der Waals surface area (Å²) < 4.78 is 13.3. The van der Waals surface area contributed by atoms with Crippen LogP contribution in [0.25, 0.3) is 0 Å². The number of benzene rings is 1. The molecule has 1 aromatic carbocycles. The second-order valence-corrected chi connectivity index (χ2v) is 4.93. The van der Waals surface area contributed by atoms with E-state index in [0.29, 0.717) is 6.42 Å². The Balaban J connectivity index is 2.50. The van der Waals surface area contributed by atoms with Crippen LogP contribution in [0.3, 0.4) is 0 Å². The van der Waals surface area contributed by atoms with Gasteiger partial charge >= 0.3 is 5.97 Å². The van der Waals surface area contributed by atoms with E-state index in [1.54, 1.807) is 6.07 Å². The van der Waals surface area contributed by atoms with Crippen molar-refractivity contribution in [1.29, 1.82) is 0 Å². The number of halogens is 1. The number of rotatable bonds is 7. The lowest BCUT2D eigenvalue weighted by Gasteiger charge is -2.16. The number of nitrogens with one attached hydrogen (secondary N) is 2. The Morgan fingerprint density at radius 1 is 1.30 bits per heavy atom. The van der Waals surface area contributed by atoms with Gasteiger partial charge in [0.15, 0.2) is 0 Å². The molecular formula is C14H19FN2O3. The van der Waals surface area contributed by atoms with Crippen LogP contribution in [0, 0.1) is 11.7 Å². The molecule has 0 fully saturated rings. The largest absolute Gasteiger partial charge is 0.480 e. The van der Waals surface area contributed by atoms with E-state index >= 15 is 0 Å². The number of carboxylic acids is 1. The van der Waals surface area contributed by atoms with E-state index < -0.39 is 23.7 Å². The predicted molar refractivity (Wildman–Crippen MR) is 73.9 cm³/mol. The number of amides is 1. The summed E-state index contributed by atoms with van der Waals surface area (Å²) in [6.45, 7) is 3.62. The minimum absolute atomic E-state index is 0.0787. The third-order valence-corrected chi connectivity index (χ3v) is 2.66. The zero-order valence-corrected chi connectivity index (χ0v) is 11.5. The van der Waals surface area contributed by atoms with Crippen LogP contribution in [0.4, 0.5) is 10.1 Å². The molecule has 5 nitrogen and oxygen atoms in total. The van der Waals surface area contributed by atoms with Crippen LogP contribution in [-0.2, 0) is 9.59 Å². The average Bonchev–Trinajstić information content (AvgIpc) is 2.36. The van der Waals surface area contributed by atoms with E-state index in [0.717, 1.165) is 0 Å². The Hall–Kier alpha value is -1.95. The predicted octanol–water partition coefficient (Wildman–Crippen LogP) is 1.85. The molecule has 20 heavy (non-hydrogen) atoms. The lowest BCUT2D eigenvalue weighted by Crippen LogP contribution is -2.42. The number of carboxylic acid groups (broad SMARTS) is 1. The summed E-state index contributed by atoms with van der Waals surface area (Å²) in [5.74, 6) is -1.82. The molecule has 0 aliphatic rings. The Morgan fingerprint density at radius 3 is 2.50 bits per heavy atom. The van der Waals surface area contributed by atoms with Crippen molar-refractivity contribution in [2.45, 2.75) is 26.3 Å². The van der Waals surface area contributed by atoms with Gasteiger partial charge in [-0.2, -0.15) is 0 Å². The monoisotopic (exact) mass is 282 g/mol. The first-order valence-electron chi connectivity index (χ1n) is 6.40. The van der Waals surface area contributed by atoms with Crippen LogP contribution < -0.4 is 10.6 Å². The summed E-state index contributed by atoms with van der Waals surface area (Å²) in [4.78, 5) is 22.7. The first-order chi connectivity index (χ1) is 9.40. The van der Waals surface area contributed by atoms with Gasteiger partial charge in [-0.25, -0.2) is 4.39 Å². The molecule has 110 valence electrons. The number of para-hydroxylation sites is 1. The second kappa shape index (κ2) is 7.59. The van der Waals surface area contributed by atoms with Crippen molar-refractivity contribution in [2.75, 3.05) is 11.9 Å². The van der Waals surface area contributed by atoms with Crippen LogP contribution in [0.15, 0.2) is 24.3 Å². The molecule has 1 unspecified atom stereocenters. The van der Waals surface area contributed by atoms with Gasteiger partial charge in [-0.05, 0) is 24.5 Å². The number of carbonyl (C=O) groups excluding carboxylic acids is 1. The molecular weight excluding hydrogens is 263 g/mol. The van der Waals surface area contributed by atoms with Crippen LogP contribution in [0.2, 0.25) is 0 Å². The van der Waals surface area contributed by atoms with Gasteiger partial charge in [0.05, 0.1) is 12.2 Å². The number of aliphatic carboxylic acids is 1. The minimum atomic E-state index is -1.00. The first kappa shape index (κ1) is 16.1. The summed E-state index contributed by atoms with van der Waals surface area (Å²) in [6.07, 6.45) is 0.419. The maximum absolute atomic E-state index is 13.3. The maximum Gasteiger partial charge on any atom is 0.320 e. The summed E-state index contributed by atoms with van der Waals surface area (Å²) in [6, 6.07) is 5.01. The molecule has 0 spiro atoms. The van der Waals surface area contributed by atoms with E-state index in [1.807, 2.05) is 13.8 Å². The van der Waals surface area contributed by atoms with Gasteiger partial charge in [-0.15, -0.1) is 0 Å². The first-order valence-corrected chi connectivity index (χ1v) is 6.40. The SMILES string of the molecule is CC(C)CC(NCC(=O)Nc1ccccc1F)C(=O)O. The third kappa shape index (κ3) is 5.36. The topological polar surface area (TPSA) is 78.4 Å². The van der Waals surface area contributed by atoms with E-state index in [2.05, 4.69) is 10.6 Å². The van der Waals surface area contributed by atoms with Crippen molar-refractivity contribution < 1.29 is 19.1 Å². The minimum Gasteiger partial charge on any atom is -0.480 e. The Morgan fingerprint density at radius 2 is 1.95 bits per heavy atom. The van der Waals surface area contributed by atoms with Crippen molar-refractivity contribution in [1.82, 2.24) is 5.32 Å². The van der Waals surface area contributed by atoms with Crippen molar-refractivity contribution in [3.8, 4) is 0 Å². The van der Waals surface area contributed by atoms with Crippen LogP contribution in [-0.4, -0.2) is 29.6 Å². The molecule has 0 aliphatic carbocycles. The molecule has 1 aromatic rings. The van der Waals surface area contributed by atoms with Gasteiger partial charge in [0.1, 0.15) is 11.9 Å². The van der Waals surface area contributed by atoms with Crippen molar-refractivity contribution >= 4 is 17.6 Å². The van der Waals surface area contributed by atoms with Gasteiger partial charge in [0.25, 0.3) is 0 Å². The van der Waals surface area contributed by atoms with Gasteiger partial charge in [0, 0.05) is 0 Å². The normalized spacial score (nSPS) is 12.2. The summed E-state index contributed by atoms with van der Waals surface area (Å²) in [5.41, 5.74) is 0.0787. The van der Waals surface area contributed by atoms with Crippen molar-refractivity contribution in [3.05, 3.63) is 30.1 Å². The van der Waals surface area contributed by atoms with E-state index in [-0.39, 0.29) is 18.2 Å². The molecule has 1 amide bonds. The third-order valence-electron chi connectivity index (χ3n) is 2.66. The Bertz CT molecular complexity index is 477. The number of hydrogen-bond acceptors (Lipinski definition) is 3. The smallest absolute Gasteiger partial charge is 0.320 e. The number of anilines is 1. The van der Waals surface area contributed by atoms with Crippen LogP contribution >= 0.6 is 0 Å². The van der Waals surface area contributed by atoms with Gasteiger partial charge in [-0.1, -0.05) is 26.0 Å². The average molecular weight is 282 g/mol. The molecule has 0 radical (unpaired) electrons. The summed E-state index contributed by atoms with van der Waals surface area (Å²) >= 11 is 0. The zero-order valence-electron chi connectivity index (χ0n) is 11.5. The second-order valence-electron chi connectivity index (χ2n) is 4.93. The van der Waals surface area contributed by atoms with Gasteiger partial charge < -0.3 is 10.4 Å². The van der Waals surface area contributed by atoms with Crippen LogP contribution in [0.5, 0.6) is 0 Å². The fourth-order valence-electron chi connectivity index (χ4n) is 1.72. The molecule has 1 rings (SSSR count). The molecule has 3 N–H and O–H groups in total. The van der Waals surface area contributed by atoms with E-state index in [4.69, 9.17) is 5.11 Å². The highest BCUT2D eigenvalue weighted by Crippen LogP contribution is 2.12. The van der Waals surface area contributed by atoms with Crippen molar-refractivity contribution in [2.24, 2.45) is 5.92 Å². The zero-order chi connectivity index (χ0) is 15.1. The highest BCUT2D eigenvalue weighted by molar-refractivity contribution is 5.92. The lowest BCUT2D eigenvalue weighted by molar-refractivity contribution is -0.139. The molecule has 0 saturated heterocycles. The fourth-order valence-corrected chi connectivity index (χ4v) is 1.72. The Kier molecular flexibility index (Phi) is 6.11. The molecule has 0 aliphatic heterocycles. The number of carbonyl (C=O) groups is 2. The fraction of sp³-hybridized carbons (Fsp3) is 0.429. The molecule has 0 heterocycles.